The van der Waals surface area contributed by atoms with Gasteiger partial charge in [0.05, 0.1) is 16.1 Å². The van der Waals surface area contributed by atoms with Crippen molar-refractivity contribution >= 4 is 40.4 Å². The summed E-state index contributed by atoms with van der Waals surface area (Å²) < 4.78 is 0. The zero-order valence-electron chi connectivity index (χ0n) is 10.9. The lowest BCUT2D eigenvalue weighted by Gasteiger charge is -2.05. The molecule has 20 heavy (non-hydrogen) atoms. The molecule has 1 saturated carbocycles. The van der Waals surface area contributed by atoms with Crippen molar-refractivity contribution in [2.24, 2.45) is 0 Å². The Kier molecular flexibility index (Phi) is 4.43. The van der Waals surface area contributed by atoms with Crippen LogP contribution in [-0.2, 0) is 5.75 Å². The Labute approximate surface area is 130 Å². The van der Waals surface area contributed by atoms with Crippen LogP contribution in [0.15, 0.2) is 16.8 Å². The van der Waals surface area contributed by atoms with Gasteiger partial charge in [0.2, 0.25) is 0 Å². The minimum atomic E-state index is -0.875. The fourth-order valence-electron chi connectivity index (χ4n) is 2.32. The first-order valence-corrected chi connectivity index (χ1v) is 9.41. The Hall–Kier alpha value is -0.850. The van der Waals surface area contributed by atoms with Gasteiger partial charge in [-0.15, -0.1) is 22.7 Å². The van der Waals surface area contributed by atoms with Crippen molar-refractivity contribution < 1.29 is 9.90 Å². The molecule has 0 amide bonds. The summed E-state index contributed by atoms with van der Waals surface area (Å²) in [5.74, 6) is 0.103. The second-order valence-corrected chi connectivity index (χ2v) is 7.99. The molecule has 0 aliphatic heterocycles. The molecule has 0 bridgehead atoms. The van der Waals surface area contributed by atoms with E-state index in [9.17, 15) is 4.79 Å². The first-order chi connectivity index (χ1) is 9.72. The van der Waals surface area contributed by atoms with Crippen molar-refractivity contribution in [2.75, 3.05) is 0 Å². The highest BCUT2D eigenvalue weighted by molar-refractivity contribution is 7.99. The molecular formula is C14H15NO2S3. The highest BCUT2D eigenvalue weighted by atomic mass is 32.2. The van der Waals surface area contributed by atoms with Gasteiger partial charge in [0.1, 0.15) is 5.01 Å². The molecule has 106 valence electrons. The van der Waals surface area contributed by atoms with Crippen molar-refractivity contribution in [1.82, 2.24) is 4.98 Å². The predicted octanol–water partition coefficient (Wildman–Crippen LogP) is 4.75. The second kappa shape index (κ2) is 6.28. The van der Waals surface area contributed by atoms with Crippen LogP contribution in [-0.4, -0.2) is 21.3 Å². The third kappa shape index (κ3) is 3.24. The van der Waals surface area contributed by atoms with Gasteiger partial charge in [-0.3, -0.25) is 0 Å². The molecule has 1 N–H and O–H groups in total. The maximum atomic E-state index is 10.9. The van der Waals surface area contributed by atoms with Crippen LogP contribution >= 0.6 is 34.4 Å². The standard InChI is InChI=1S/C14H15NO2S3/c16-14(17)9-5-12(19-6-9)11-7-20-13(15-11)8-18-10-3-1-2-4-10/h5-7,10H,1-4,8H2,(H,16,17). The Morgan fingerprint density at radius 2 is 2.15 bits per heavy atom. The van der Waals surface area contributed by atoms with E-state index in [4.69, 9.17) is 5.11 Å². The number of aromatic nitrogens is 1. The van der Waals surface area contributed by atoms with E-state index in [0.717, 1.165) is 26.6 Å². The van der Waals surface area contributed by atoms with Gasteiger partial charge in [0.15, 0.2) is 0 Å². The molecule has 0 radical (unpaired) electrons. The van der Waals surface area contributed by atoms with E-state index in [2.05, 4.69) is 4.98 Å². The van der Waals surface area contributed by atoms with Gasteiger partial charge in [0, 0.05) is 21.8 Å². The minimum Gasteiger partial charge on any atom is -0.478 e. The number of thiophene rings is 1. The minimum absolute atomic E-state index is 0.347. The lowest BCUT2D eigenvalue weighted by molar-refractivity contribution is 0.0697. The van der Waals surface area contributed by atoms with Crippen LogP contribution in [0.1, 0.15) is 41.0 Å². The fourth-order valence-corrected chi connectivity index (χ4v) is 5.40. The molecule has 0 aromatic carbocycles. The van der Waals surface area contributed by atoms with Crippen molar-refractivity contribution in [2.45, 2.75) is 36.7 Å². The molecule has 6 heteroatoms. The average Bonchev–Trinajstić information content (AvgIpc) is 3.17. The summed E-state index contributed by atoms with van der Waals surface area (Å²) in [6, 6.07) is 1.70. The lowest BCUT2D eigenvalue weighted by atomic mass is 10.3. The number of nitrogens with zero attached hydrogens (tertiary/aromatic N) is 1. The fraction of sp³-hybridized carbons (Fsp3) is 0.429. The van der Waals surface area contributed by atoms with Crippen molar-refractivity contribution in [3.05, 3.63) is 27.4 Å². The second-order valence-electron chi connectivity index (χ2n) is 4.85. The third-order valence-corrected chi connectivity index (χ3v) is 6.76. The zero-order chi connectivity index (χ0) is 13.9. The molecule has 2 heterocycles. The first kappa shape index (κ1) is 14.1. The Bertz CT molecular complexity index is 599. The van der Waals surface area contributed by atoms with Gasteiger partial charge >= 0.3 is 5.97 Å². The van der Waals surface area contributed by atoms with Gasteiger partial charge < -0.3 is 5.11 Å². The van der Waals surface area contributed by atoms with E-state index in [-0.39, 0.29) is 0 Å². The largest absolute Gasteiger partial charge is 0.478 e. The summed E-state index contributed by atoms with van der Waals surface area (Å²) >= 11 is 5.13. The number of aromatic carboxylic acids is 1. The summed E-state index contributed by atoms with van der Waals surface area (Å²) in [6.07, 6.45) is 5.42. The Morgan fingerprint density at radius 1 is 1.35 bits per heavy atom. The Morgan fingerprint density at radius 3 is 2.85 bits per heavy atom. The molecule has 1 aliphatic rings. The van der Waals surface area contributed by atoms with Gasteiger partial charge in [-0.05, 0) is 18.9 Å². The van der Waals surface area contributed by atoms with Crippen molar-refractivity contribution in [1.29, 1.82) is 0 Å². The topological polar surface area (TPSA) is 50.2 Å². The summed E-state index contributed by atoms with van der Waals surface area (Å²) in [5.41, 5.74) is 1.26. The van der Waals surface area contributed by atoms with Gasteiger partial charge in [-0.1, -0.05) is 12.8 Å². The molecule has 0 unspecified atom stereocenters. The normalized spacial score (nSPS) is 15.8. The highest BCUT2D eigenvalue weighted by Gasteiger charge is 2.16. The quantitative estimate of drug-likeness (QED) is 0.862. The molecule has 3 nitrogen and oxygen atoms in total. The van der Waals surface area contributed by atoms with Crippen LogP contribution in [0.4, 0.5) is 0 Å². The Balaban J connectivity index is 1.64. The van der Waals surface area contributed by atoms with Crippen LogP contribution in [0.5, 0.6) is 0 Å². The number of thioether (sulfide) groups is 1. The highest BCUT2D eigenvalue weighted by Crippen LogP contribution is 2.34. The van der Waals surface area contributed by atoms with E-state index in [1.54, 1.807) is 22.8 Å². The van der Waals surface area contributed by atoms with Crippen LogP contribution < -0.4 is 0 Å². The molecule has 3 rings (SSSR count). The molecule has 0 spiro atoms. The van der Waals surface area contributed by atoms with E-state index in [1.165, 1.54) is 37.0 Å². The smallest absolute Gasteiger partial charge is 0.336 e. The van der Waals surface area contributed by atoms with Crippen LogP contribution in [0.25, 0.3) is 10.6 Å². The maximum Gasteiger partial charge on any atom is 0.336 e. The van der Waals surface area contributed by atoms with Gasteiger partial charge in [-0.2, -0.15) is 11.8 Å². The number of rotatable bonds is 5. The number of thiazole rings is 1. The number of hydrogen-bond donors (Lipinski definition) is 1. The number of carboxylic acid groups (broad SMARTS) is 1. The molecule has 0 atom stereocenters. The molecule has 2 aromatic rings. The molecular weight excluding hydrogens is 310 g/mol. The number of hydrogen-bond acceptors (Lipinski definition) is 5. The SMILES string of the molecule is O=C(O)c1csc(-c2csc(CSC3CCCC3)n2)c1. The first-order valence-electron chi connectivity index (χ1n) is 6.60. The van der Waals surface area contributed by atoms with Crippen LogP contribution in [0.2, 0.25) is 0 Å². The van der Waals surface area contributed by atoms with Gasteiger partial charge in [-0.25, -0.2) is 9.78 Å². The van der Waals surface area contributed by atoms with Crippen molar-refractivity contribution in [3.8, 4) is 10.6 Å². The van der Waals surface area contributed by atoms with E-state index < -0.39 is 5.97 Å². The van der Waals surface area contributed by atoms with Gasteiger partial charge in [0.25, 0.3) is 0 Å². The molecule has 0 saturated heterocycles. The maximum absolute atomic E-state index is 10.9. The summed E-state index contributed by atoms with van der Waals surface area (Å²) in [7, 11) is 0. The number of carboxylic acids is 1. The van der Waals surface area contributed by atoms with E-state index >= 15 is 0 Å². The molecule has 1 fully saturated rings. The third-order valence-electron chi connectivity index (χ3n) is 3.40. The van der Waals surface area contributed by atoms with E-state index in [1.807, 2.05) is 17.1 Å². The summed E-state index contributed by atoms with van der Waals surface area (Å²) in [6.45, 7) is 0. The predicted molar refractivity (Wildman–Crippen MR) is 85.9 cm³/mol. The summed E-state index contributed by atoms with van der Waals surface area (Å²) in [5, 5.41) is 14.6. The van der Waals surface area contributed by atoms with Crippen LogP contribution in [0, 0.1) is 0 Å². The molecule has 2 aromatic heterocycles. The average molecular weight is 325 g/mol. The monoisotopic (exact) mass is 325 g/mol. The van der Waals surface area contributed by atoms with Crippen molar-refractivity contribution in [3.63, 3.8) is 0 Å². The summed E-state index contributed by atoms with van der Waals surface area (Å²) in [4.78, 5) is 16.5. The van der Waals surface area contributed by atoms with E-state index in [0.29, 0.717) is 5.56 Å². The number of carbonyl (C=O) groups is 1. The zero-order valence-corrected chi connectivity index (χ0v) is 13.3. The molecule has 1 aliphatic carbocycles. The van der Waals surface area contributed by atoms with Crippen LogP contribution in [0.3, 0.4) is 0 Å². The lowest BCUT2D eigenvalue weighted by Crippen LogP contribution is -1.94.